The van der Waals surface area contributed by atoms with Gasteiger partial charge in [-0.2, -0.15) is 0 Å². The first-order valence-corrected chi connectivity index (χ1v) is 5.22. The highest BCUT2D eigenvalue weighted by molar-refractivity contribution is 7.91. The Kier molecular flexibility index (Phi) is 2.50. The lowest BCUT2D eigenvalue weighted by Crippen LogP contribution is -2.29. The van der Waals surface area contributed by atoms with Crippen molar-refractivity contribution in [2.75, 3.05) is 0 Å². The molecule has 0 bridgehead atoms. The van der Waals surface area contributed by atoms with Crippen molar-refractivity contribution in [2.24, 2.45) is 5.84 Å². The van der Waals surface area contributed by atoms with Crippen LogP contribution in [0, 0.1) is 0 Å². The SMILES string of the molecule is NNS(=O)(=O)c1ccc(Cl)s1. The van der Waals surface area contributed by atoms with Gasteiger partial charge in [0.15, 0.2) is 0 Å². The Morgan fingerprint density at radius 2 is 2.18 bits per heavy atom. The second-order valence-electron chi connectivity index (χ2n) is 1.68. The predicted molar refractivity (Wildman–Crippen MR) is 43.8 cm³/mol. The van der Waals surface area contributed by atoms with Crippen LogP contribution in [0.1, 0.15) is 0 Å². The Morgan fingerprint density at radius 3 is 2.55 bits per heavy atom. The molecule has 0 amide bonds. The fraction of sp³-hybridized carbons (Fsp3) is 0. The summed E-state index contributed by atoms with van der Waals surface area (Å²) in [6.45, 7) is 0. The summed E-state index contributed by atoms with van der Waals surface area (Å²) in [4.78, 5) is 1.69. The first-order chi connectivity index (χ1) is 5.06. The lowest BCUT2D eigenvalue weighted by molar-refractivity contribution is 0.586. The maximum Gasteiger partial charge on any atom is 0.262 e. The molecule has 1 heterocycles. The minimum atomic E-state index is -3.52. The molecule has 11 heavy (non-hydrogen) atoms. The first-order valence-electron chi connectivity index (χ1n) is 2.54. The minimum absolute atomic E-state index is 0.116. The molecule has 0 aliphatic heterocycles. The summed E-state index contributed by atoms with van der Waals surface area (Å²) >= 11 is 6.46. The number of sulfonamides is 1. The van der Waals surface area contributed by atoms with E-state index in [0.29, 0.717) is 4.34 Å². The normalized spacial score (nSPS) is 11.8. The molecule has 4 nitrogen and oxygen atoms in total. The summed E-state index contributed by atoms with van der Waals surface area (Å²) in [5.41, 5.74) is 0. The molecule has 1 aromatic rings. The third kappa shape index (κ3) is 1.91. The molecule has 0 unspecified atom stereocenters. The quantitative estimate of drug-likeness (QED) is 0.556. The summed E-state index contributed by atoms with van der Waals surface area (Å²) in [5, 5.41) is 0. The second-order valence-corrected chi connectivity index (χ2v) is 5.34. The number of hydrogen-bond acceptors (Lipinski definition) is 4. The highest BCUT2D eigenvalue weighted by atomic mass is 35.5. The van der Waals surface area contributed by atoms with Gasteiger partial charge in [0.2, 0.25) is 0 Å². The zero-order chi connectivity index (χ0) is 8.48. The number of thiophene rings is 1. The van der Waals surface area contributed by atoms with Crippen molar-refractivity contribution in [2.45, 2.75) is 4.21 Å². The Bertz CT molecular complexity index is 345. The van der Waals surface area contributed by atoms with Gasteiger partial charge in [-0.3, -0.25) is 5.84 Å². The molecule has 3 N–H and O–H groups in total. The van der Waals surface area contributed by atoms with Crippen molar-refractivity contribution in [3.05, 3.63) is 16.5 Å². The summed E-state index contributed by atoms with van der Waals surface area (Å²) in [6, 6.07) is 2.89. The van der Waals surface area contributed by atoms with Crippen molar-refractivity contribution < 1.29 is 8.42 Å². The van der Waals surface area contributed by atoms with Crippen LogP contribution < -0.4 is 10.7 Å². The van der Waals surface area contributed by atoms with Crippen LogP contribution >= 0.6 is 22.9 Å². The molecule has 0 saturated carbocycles. The molecule has 0 atom stereocenters. The van der Waals surface area contributed by atoms with E-state index in [1.165, 1.54) is 12.1 Å². The zero-order valence-corrected chi connectivity index (χ0v) is 7.63. The van der Waals surface area contributed by atoms with Crippen LogP contribution in [0.25, 0.3) is 0 Å². The summed E-state index contributed by atoms with van der Waals surface area (Å²) < 4.78 is 22.4. The lowest BCUT2D eigenvalue weighted by Gasteiger charge is -1.94. The predicted octanol–water partition coefficient (Wildman–Crippen LogP) is 0.554. The summed E-state index contributed by atoms with van der Waals surface area (Å²) in [6.07, 6.45) is 0. The lowest BCUT2D eigenvalue weighted by atomic mass is 10.7. The largest absolute Gasteiger partial charge is 0.262 e. The van der Waals surface area contributed by atoms with Gasteiger partial charge in [-0.15, -0.1) is 16.2 Å². The van der Waals surface area contributed by atoms with Gasteiger partial charge in [-0.1, -0.05) is 11.6 Å². The third-order valence-electron chi connectivity index (χ3n) is 0.969. The number of hydrogen-bond donors (Lipinski definition) is 2. The molecule has 0 aromatic carbocycles. The summed E-state index contributed by atoms with van der Waals surface area (Å²) in [7, 11) is -3.52. The van der Waals surface area contributed by atoms with Crippen molar-refractivity contribution >= 4 is 33.0 Å². The van der Waals surface area contributed by atoms with Crippen LogP contribution in [0.3, 0.4) is 0 Å². The molecule has 0 saturated heterocycles. The molecule has 0 radical (unpaired) electrons. The van der Waals surface area contributed by atoms with Gasteiger partial charge in [-0.05, 0) is 12.1 Å². The van der Waals surface area contributed by atoms with Crippen molar-refractivity contribution in [3.8, 4) is 0 Å². The van der Waals surface area contributed by atoms with Gasteiger partial charge >= 0.3 is 0 Å². The van der Waals surface area contributed by atoms with Crippen molar-refractivity contribution in [1.82, 2.24) is 4.83 Å². The van der Waals surface area contributed by atoms with Crippen LogP contribution in [-0.2, 0) is 10.0 Å². The monoisotopic (exact) mass is 212 g/mol. The average molecular weight is 213 g/mol. The third-order valence-corrected chi connectivity index (χ3v) is 3.88. The molecule has 0 aliphatic rings. The minimum Gasteiger partial charge on any atom is -0.257 e. The average Bonchev–Trinajstić information content (AvgIpc) is 2.36. The maximum atomic E-state index is 10.9. The van der Waals surface area contributed by atoms with Crippen LogP contribution in [0.5, 0.6) is 0 Å². The fourth-order valence-electron chi connectivity index (χ4n) is 0.500. The molecule has 1 rings (SSSR count). The Labute approximate surface area is 73.0 Å². The van der Waals surface area contributed by atoms with E-state index in [1.54, 1.807) is 4.83 Å². The number of nitrogens with two attached hydrogens (primary N) is 1. The van der Waals surface area contributed by atoms with E-state index >= 15 is 0 Å². The number of hydrazine groups is 1. The number of rotatable bonds is 2. The van der Waals surface area contributed by atoms with Gasteiger partial charge in [0.1, 0.15) is 4.21 Å². The van der Waals surface area contributed by atoms with E-state index in [2.05, 4.69) is 0 Å². The van der Waals surface area contributed by atoms with E-state index in [1.807, 2.05) is 0 Å². The molecular weight excluding hydrogens is 208 g/mol. The van der Waals surface area contributed by atoms with Crippen LogP contribution in [0.2, 0.25) is 4.34 Å². The molecule has 1 aromatic heterocycles. The maximum absolute atomic E-state index is 10.9. The molecule has 0 aliphatic carbocycles. The molecular formula is C4H5ClN2O2S2. The van der Waals surface area contributed by atoms with E-state index < -0.39 is 10.0 Å². The first kappa shape index (κ1) is 8.95. The fourth-order valence-corrected chi connectivity index (χ4v) is 2.63. The molecule has 7 heteroatoms. The van der Waals surface area contributed by atoms with Gasteiger partial charge in [-0.25, -0.2) is 8.42 Å². The van der Waals surface area contributed by atoms with E-state index in [9.17, 15) is 8.42 Å². The van der Waals surface area contributed by atoms with Crippen LogP contribution in [-0.4, -0.2) is 8.42 Å². The molecule has 62 valence electrons. The van der Waals surface area contributed by atoms with Gasteiger partial charge in [0, 0.05) is 0 Å². The zero-order valence-electron chi connectivity index (χ0n) is 5.24. The van der Waals surface area contributed by atoms with Crippen LogP contribution in [0.4, 0.5) is 0 Å². The van der Waals surface area contributed by atoms with Gasteiger partial charge in [0.05, 0.1) is 4.34 Å². The Morgan fingerprint density at radius 1 is 1.55 bits per heavy atom. The van der Waals surface area contributed by atoms with E-state index in [0.717, 1.165) is 11.3 Å². The molecule has 0 spiro atoms. The van der Waals surface area contributed by atoms with Gasteiger partial charge in [0.25, 0.3) is 10.0 Å². The number of halogens is 1. The highest BCUT2D eigenvalue weighted by Crippen LogP contribution is 2.24. The summed E-state index contributed by atoms with van der Waals surface area (Å²) in [5.74, 6) is 4.77. The van der Waals surface area contributed by atoms with Crippen molar-refractivity contribution in [1.29, 1.82) is 0 Å². The van der Waals surface area contributed by atoms with E-state index in [-0.39, 0.29) is 4.21 Å². The second kappa shape index (κ2) is 3.08. The standard InChI is InChI=1S/C4H5ClN2O2S2/c5-3-1-2-4(10-3)11(8,9)7-6/h1-2,7H,6H2. The van der Waals surface area contributed by atoms with E-state index in [4.69, 9.17) is 17.4 Å². The van der Waals surface area contributed by atoms with Gasteiger partial charge < -0.3 is 0 Å². The van der Waals surface area contributed by atoms with Crippen molar-refractivity contribution in [3.63, 3.8) is 0 Å². The topological polar surface area (TPSA) is 72.2 Å². The Balaban J connectivity index is 3.13. The smallest absolute Gasteiger partial charge is 0.257 e. The van der Waals surface area contributed by atoms with Crippen LogP contribution in [0.15, 0.2) is 16.3 Å². The highest BCUT2D eigenvalue weighted by Gasteiger charge is 2.13. The molecule has 0 fully saturated rings. The Hall–Kier alpha value is -0.140. The number of nitrogens with one attached hydrogen (secondary N) is 1.